The SMILES string of the molecule is O=C(CCN1C(=O)C=CC1=O)NCCOCCOCCOCCOCCOCCOCCOCCOCCOCCOCCOCCOCCOCCOCCOCCOCCOCCOCCOCCOCCOCCOCCOCCOCCC(=O)Oc1c(F)c(F)c(F)c(F)c1F. The van der Waals surface area contributed by atoms with Gasteiger partial charge in [0.25, 0.3) is 11.8 Å². The molecule has 582 valence electrons. The number of amides is 3. The maximum Gasteiger partial charge on any atom is 0.313 e. The lowest BCUT2D eigenvalue weighted by molar-refractivity contribution is -0.138. The van der Waals surface area contributed by atoms with Crippen LogP contribution in [-0.4, -0.2) is 359 Å². The van der Waals surface area contributed by atoms with Gasteiger partial charge < -0.3 is 124 Å². The number of imide groups is 1. The number of rotatable bonds is 79. The standard InChI is InChI=1S/C64H107F5N2O29/c65-59-60(66)62(68)64(63(69)61(59)67)100-58(75)4-7-76-9-11-78-13-15-80-17-19-82-21-23-84-25-27-86-29-31-88-33-35-90-37-39-92-41-43-94-45-47-96-49-51-98-53-54-99-52-50-97-48-46-95-44-42-93-40-38-91-36-34-89-32-30-87-28-26-85-24-22-83-20-18-81-16-14-79-12-10-77-8-5-70-55(72)3-6-71-56(73)1-2-57(71)74/h1-2H,3-54H2,(H,70,72). The largest absolute Gasteiger partial charge is 0.420 e. The quantitative estimate of drug-likeness (QED) is 0.0184. The topological polar surface area (TPSA) is 314 Å². The Labute approximate surface area is 582 Å². The van der Waals surface area contributed by atoms with Crippen molar-refractivity contribution in [1.29, 1.82) is 0 Å². The highest BCUT2D eigenvalue weighted by Gasteiger charge is 2.29. The minimum absolute atomic E-state index is 0.0390. The molecular weight excluding hydrogens is 1360 g/mol. The molecule has 0 saturated carbocycles. The summed E-state index contributed by atoms with van der Waals surface area (Å²) >= 11 is 0. The Kier molecular flexibility index (Phi) is 64.6. The Morgan fingerprint density at radius 1 is 0.260 bits per heavy atom. The molecule has 1 aromatic carbocycles. The number of hydrogen-bond acceptors (Lipinski definition) is 29. The molecule has 1 aromatic rings. The number of nitrogens with zero attached hydrogens (tertiary/aromatic N) is 1. The summed E-state index contributed by atoms with van der Waals surface area (Å²) in [6.07, 6.45) is 1.91. The monoisotopic (exact) mass is 1460 g/mol. The molecule has 0 spiro atoms. The molecule has 1 aliphatic rings. The van der Waals surface area contributed by atoms with Gasteiger partial charge >= 0.3 is 5.97 Å². The second kappa shape index (κ2) is 70.4. The Hall–Kier alpha value is -4.27. The Balaban J connectivity index is 1.10. The maximum absolute atomic E-state index is 13.6. The van der Waals surface area contributed by atoms with Crippen LogP contribution >= 0.6 is 0 Å². The van der Waals surface area contributed by atoms with Crippen LogP contribution in [0.2, 0.25) is 0 Å². The van der Waals surface area contributed by atoms with Crippen molar-refractivity contribution < 1.29 is 160 Å². The molecule has 0 fully saturated rings. The van der Waals surface area contributed by atoms with Crippen LogP contribution in [0.15, 0.2) is 12.2 Å². The molecule has 0 radical (unpaired) electrons. The molecule has 0 aromatic heterocycles. The zero-order valence-corrected chi connectivity index (χ0v) is 57.6. The molecule has 0 unspecified atom stereocenters. The lowest BCUT2D eigenvalue weighted by Crippen LogP contribution is -2.35. The van der Waals surface area contributed by atoms with Crippen molar-refractivity contribution in [2.75, 3.05) is 330 Å². The first-order valence-electron chi connectivity index (χ1n) is 33.5. The van der Waals surface area contributed by atoms with Gasteiger partial charge in [-0.1, -0.05) is 0 Å². The third-order valence-electron chi connectivity index (χ3n) is 12.4. The highest BCUT2D eigenvalue weighted by atomic mass is 19.2. The van der Waals surface area contributed by atoms with Crippen LogP contribution in [0.25, 0.3) is 0 Å². The van der Waals surface area contributed by atoms with Gasteiger partial charge in [-0.25, -0.2) is 13.2 Å². The van der Waals surface area contributed by atoms with E-state index < -0.39 is 59.0 Å². The molecule has 0 saturated heterocycles. The van der Waals surface area contributed by atoms with E-state index in [1.165, 1.54) is 12.2 Å². The predicted molar refractivity (Wildman–Crippen MR) is 340 cm³/mol. The van der Waals surface area contributed by atoms with E-state index in [4.69, 9.17) is 114 Å². The minimum atomic E-state index is -2.36. The maximum atomic E-state index is 13.6. The van der Waals surface area contributed by atoms with Gasteiger partial charge in [-0.3, -0.25) is 24.1 Å². The van der Waals surface area contributed by atoms with Gasteiger partial charge in [0, 0.05) is 31.7 Å². The normalized spacial score (nSPS) is 12.3. The first-order chi connectivity index (χ1) is 49.1. The molecule has 0 bridgehead atoms. The van der Waals surface area contributed by atoms with Crippen LogP contribution in [-0.2, 0) is 133 Å². The van der Waals surface area contributed by atoms with Crippen LogP contribution in [0.1, 0.15) is 12.8 Å². The Morgan fingerprint density at radius 2 is 0.440 bits per heavy atom. The van der Waals surface area contributed by atoms with E-state index in [2.05, 4.69) is 10.1 Å². The van der Waals surface area contributed by atoms with Crippen molar-refractivity contribution in [1.82, 2.24) is 10.2 Å². The van der Waals surface area contributed by atoms with E-state index in [0.717, 1.165) is 4.90 Å². The van der Waals surface area contributed by atoms with Crippen molar-refractivity contribution in [3.8, 4) is 5.75 Å². The molecule has 1 aliphatic heterocycles. The van der Waals surface area contributed by atoms with Crippen LogP contribution in [0.5, 0.6) is 5.75 Å². The fourth-order valence-electron chi connectivity index (χ4n) is 7.37. The summed E-state index contributed by atoms with van der Waals surface area (Å²) in [6.45, 7) is 19.5. The predicted octanol–water partition coefficient (Wildman–Crippen LogP) is 1.51. The fraction of sp³-hybridized carbons (Fsp3) is 0.812. The Morgan fingerprint density at radius 3 is 0.650 bits per heavy atom. The van der Waals surface area contributed by atoms with Gasteiger partial charge in [-0.05, 0) is 0 Å². The van der Waals surface area contributed by atoms with Gasteiger partial charge in [0.1, 0.15) is 0 Å². The number of benzene rings is 1. The molecular formula is C64H107F5N2O29. The van der Waals surface area contributed by atoms with Crippen molar-refractivity contribution in [3.63, 3.8) is 0 Å². The highest BCUT2D eigenvalue weighted by molar-refractivity contribution is 6.13. The lowest BCUT2D eigenvalue weighted by Gasteiger charge is -2.13. The molecule has 0 aliphatic carbocycles. The first kappa shape index (κ1) is 91.8. The van der Waals surface area contributed by atoms with Gasteiger partial charge in [-0.2, -0.15) is 8.78 Å². The van der Waals surface area contributed by atoms with Gasteiger partial charge in [-0.15, -0.1) is 0 Å². The molecule has 1 heterocycles. The number of nitrogens with one attached hydrogen (secondary N) is 1. The zero-order valence-electron chi connectivity index (χ0n) is 57.6. The molecule has 1 N–H and O–H groups in total. The van der Waals surface area contributed by atoms with Crippen LogP contribution in [0.3, 0.4) is 0 Å². The number of ether oxygens (including phenoxy) is 25. The highest BCUT2D eigenvalue weighted by Crippen LogP contribution is 2.29. The Bertz CT molecular complexity index is 2100. The summed E-state index contributed by atoms with van der Waals surface area (Å²) in [5.74, 6) is -15.3. The number of halogens is 5. The number of carbonyl (C=O) groups is 4. The summed E-state index contributed by atoms with van der Waals surface area (Å²) in [6, 6.07) is 0. The number of carbonyl (C=O) groups excluding carboxylic acids is 4. The summed E-state index contributed by atoms with van der Waals surface area (Å²) in [5.41, 5.74) is 0. The van der Waals surface area contributed by atoms with Gasteiger partial charge in [0.05, 0.1) is 324 Å². The van der Waals surface area contributed by atoms with Gasteiger partial charge in [0.15, 0.2) is 0 Å². The summed E-state index contributed by atoms with van der Waals surface area (Å²) < 4.78 is 202. The van der Waals surface area contributed by atoms with Gasteiger partial charge in [0.2, 0.25) is 40.7 Å². The molecule has 100 heavy (non-hydrogen) atoms. The van der Waals surface area contributed by atoms with E-state index in [1.807, 2.05) is 0 Å². The van der Waals surface area contributed by atoms with E-state index in [-0.39, 0.29) is 45.3 Å². The van der Waals surface area contributed by atoms with Crippen molar-refractivity contribution in [2.24, 2.45) is 0 Å². The second-order valence-electron chi connectivity index (χ2n) is 20.1. The molecule has 31 nitrogen and oxygen atoms in total. The number of esters is 1. The van der Waals surface area contributed by atoms with E-state index in [1.54, 1.807) is 0 Å². The van der Waals surface area contributed by atoms with Crippen LogP contribution in [0.4, 0.5) is 22.0 Å². The van der Waals surface area contributed by atoms with E-state index >= 15 is 0 Å². The minimum Gasteiger partial charge on any atom is -0.420 e. The van der Waals surface area contributed by atoms with Crippen molar-refractivity contribution >= 4 is 23.7 Å². The molecule has 3 amide bonds. The average Bonchev–Trinajstić information content (AvgIpc) is 0.973. The molecule has 0 atom stereocenters. The summed E-state index contributed by atoms with van der Waals surface area (Å²) in [4.78, 5) is 47.6. The van der Waals surface area contributed by atoms with Crippen molar-refractivity contribution in [3.05, 3.63) is 41.2 Å². The lowest BCUT2D eigenvalue weighted by atomic mass is 10.2. The van der Waals surface area contributed by atoms with Crippen molar-refractivity contribution in [2.45, 2.75) is 12.8 Å². The third kappa shape index (κ3) is 56.2. The molecule has 36 heteroatoms. The fourth-order valence-corrected chi connectivity index (χ4v) is 7.37. The third-order valence-corrected chi connectivity index (χ3v) is 12.4. The zero-order chi connectivity index (χ0) is 71.9. The number of hydrogen-bond donors (Lipinski definition) is 1. The molecule has 2 rings (SSSR count). The second-order valence-corrected chi connectivity index (χ2v) is 20.1. The van der Waals surface area contributed by atoms with Crippen LogP contribution < -0.4 is 10.1 Å². The first-order valence-corrected chi connectivity index (χ1v) is 33.5. The van der Waals surface area contributed by atoms with E-state index in [0.29, 0.717) is 297 Å². The van der Waals surface area contributed by atoms with Crippen LogP contribution in [0, 0.1) is 29.1 Å². The smallest absolute Gasteiger partial charge is 0.313 e. The summed E-state index contributed by atoms with van der Waals surface area (Å²) in [5, 5.41) is 2.68. The average molecular weight is 1460 g/mol. The summed E-state index contributed by atoms with van der Waals surface area (Å²) in [7, 11) is 0. The van der Waals surface area contributed by atoms with E-state index in [9.17, 15) is 41.1 Å².